The molecule has 7 nitrogen and oxygen atoms in total. The third kappa shape index (κ3) is 2.57. The topological polar surface area (TPSA) is 90.1 Å². The maximum atomic E-state index is 12.3. The molecule has 0 saturated carbocycles. The van der Waals surface area contributed by atoms with Gasteiger partial charge in [0.2, 0.25) is 5.91 Å². The monoisotopic (exact) mass is 285 g/mol. The first-order chi connectivity index (χ1) is 8.75. The summed E-state index contributed by atoms with van der Waals surface area (Å²) in [4.78, 5) is 25.2. The van der Waals surface area contributed by atoms with Gasteiger partial charge in [0.1, 0.15) is 0 Å². The predicted molar refractivity (Wildman–Crippen MR) is 70.2 cm³/mol. The molecule has 2 aliphatic rings. The molecule has 0 bridgehead atoms. The molecule has 1 saturated heterocycles. The standard InChI is InChI=1S/C11H15N5O2.ClH/c17-9-6-16(4-3-13-9)11(18)10-7-5-12-2-1-8(7)14-15-10;/h12H,1-6H2,(H,13,17)(H,14,15);1H. The Morgan fingerprint density at radius 3 is 2.95 bits per heavy atom. The van der Waals surface area contributed by atoms with E-state index in [9.17, 15) is 9.59 Å². The number of carbonyl (C=O) groups excluding carboxylic acids is 2. The molecule has 0 spiro atoms. The quantitative estimate of drug-likeness (QED) is 0.620. The number of hydrogen-bond donors (Lipinski definition) is 3. The van der Waals surface area contributed by atoms with Crippen molar-refractivity contribution < 1.29 is 9.59 Å². The highest BCUT2D eigenvalue weighted by atomic mass is 35.5. The van der Waals surface area contributed by atoms with Gasteiger partial charge in [0.05, 0.1) is 6.54 Å². The van der Waals surface area contributed by atoms with Crippen LogP contribution in [0.1, 0.15) is 21.7 Å². The third-order valence-electron chi connectivity index (χ3n) is 3.33. The molecule has 3 N–H and O–H groups in total. The fraction of sp³-hybridized carbons (Fsp3) is 0.545. The summed E-state index contributed by atoms with van der Waals surface area (Å²) in [5.41, 5.74) is 2.42. The van der Waals surface area contributed by atoms with Crippen molar-refractivity contribution in [3.05, 3.63) is 17.0 Å². The first-order valence-electron chi connectivity index (χ1n) is 6.08. The molecule has 0 aromatic carbocycles. The molecule has 0 radical (unpaired) electrons. The summed E-state index contributed by atoms with van der Waals surface area (Å²) in [7, 11) is 0. The second-order valence-corrected chi connectivity index (χ2v) is 4.53. The average molecular weight is 286 g/mol. The van der Waals surface area contributed by atoms with E-state index in [0.717, 1.165) is 24.2 Å². The number of piperazine rings is 1. The van der Waals surface area contributed by atoms with Crippen molar-refractivity contribution in [1.82, 2.24) is 25.7 Å². The summed E-state index contributed by atoms with van der Waals surface area (Å²) in [6.07, 6.45) is 0.857. The minimum atomic E-state index is -0.161. The Bertz CT molecular complexity index is 501. The lowest BCUT2D eigenvalue weighted by Gasteiger charge is -2.26. The number of hydrogen-bond acceptors (Lipinski definition) is 4. The number of nitrogens with one attached hydrogen (secondary N) is 3. The molecule has 0 aliphatic carbocycles. The van der Waals surface area contributed by atoms with Gasteiger partial charge in [-0.2, -0.15) is 5.10 Å². The van der Waals surface area contributed by atoms with Gasteiger partial charge in [-0.1, -0.05) is 0 Å². The maximum Gasteiger partial charge on any atom is 0.275 e. The summed E-state index contributed by atoms with van der Waals surface area (Å²) in [5, 5.41) is 13.0. The molecule has 1 aromatic heterocycles. The lowest BCUT2D eigenvalue weighted by Crippen LogP contribution is -2.50. The van der Waals surface area contributed by atoms with Crippen molar-refractivity contribution in [2.24, 2.45) is 0 Å². The van der Waals surface area contributed by atoms with Gasteiger partial charge < -0.3 is 15.5 Å². The van der Waals surface area contributed by atoms with E-state index in [1.54, 1.807) is 4.90 Å². The van der Waals surface area contributed by atoms with Gasteiger partial charge in [-0.15, -0.1) is 12.4 Å². The highest BCUT2D eigenvalue weighted by Gasteiger charge is 2.28. The lowest BCUT2D eigenvalue weighted by molar-refractivity contribution is -0.123. The Balaban J connectivity index is 0.00000133. The minimum Gasteiger partial charge on any atom is -0.353 e. The molecule has 104 valence electrons. The van der Waals surface area contributed by atoms with Crippen LogP contribution in [0.15, 0.2) is 0 Å². The van der Waals surface area contributed by atoms with Gasteiger partial charge in [-0.3, -0.25) is 14.7 Å². The number of amides is 2. The number of aromatic amines is 1. The predicted octanol–water partition coefficient (Wildman–Crippen LogP) is -0.951. The Morgan fingerprint density at radius 2 is 2.16 bits per heavy atom. The Kier molecular flexibility index (Phi) is 4.06. The summed E-state index contributed by atoms with van der Waals surface area (Å²) in [6.45, 7) is 2.73. The van der Waals surface area contributed by atoms with E-state index in [-0.39, 0.29) is 30.8 Å². The average Bonchev–Trinajstić information content (AvgIpc) is 2.82. The highest BCUT2D eigenvalue weighted by molar-refractivity contribution is 5.96. The van der Waals surface area contributed by atoms with Crippen LogP contribution in [0.4, 0.5) is 0 Å². The Labute approximate surface area is 116 Å². The molecule has 1 fully saturated rings. The van der Waals surface area contributed by atoms with Crippen LogP contribution in [0, 0.1) is 0 Å². The van der Waals surface area contributed by atoms with Gasteiger partial charge >= 0.3 is 0 Å². The third-order valence-corrected chi connectivity index (χ3v) is 3.33. The van der Waals surface area contributed by atoms with Crippen molar-refractivity contribution in [3.8, 4) is 0 Å². The first kappa shape index (κ1) is 13.8. The summed E-state index contributed by atoms with van der Waals surface area (Å²) >= 11 is 0. The molecular formula is C11H16ClN5O2. The van der Waals surface area contributed by atoms with Crippen LogP contribution in [0.25, 0.3) is 0 Å². The van der Waals surface area contributed by atoms with Crippen LogP contribution in [-0.4, -0.2) is 53.1 Å². The molecule has 0 atom stereocenters. The largest absolute Gasteiger partial charge is 0.353 e. The highest BCUT2D eigenvalue weighted by Crippen LogP contribution is 2.17. The molecule has 3 rings (SSSR count). The van der Waals surface area contributed by atoms with E-state index in [0.29, 0.717) is 25.3 Å². The zero-order valence-electron chi connectivity index (χ0n) is 10.4. The number of rotatable bonds is 1. The second kappa shape index (κ2) is 5.58. The number of halogens is 1. The molecular weight excluding hydrogens is 270 g/mol. The molecule has 2 amide bonds. The van der Waals surface area contributed by atoms with E-state index >= 15 is 0 Å². The Hall–Kier alpha value is -1.60. The van der Waals surface area contributed by atoms with E-state index in [4.69, 9.17) is 0 Å². The van der Waals surface area contributed by atoms with Gasteiger partial charge in [0.15, 0.2) is 5.69 Å². The second-order valence-electron chi connectivity index (χ2n) is 4.53. The Morgan fingerprint density at radius 1 is 1.32 bits per heavy atom. The fourth-order valence-corrected chi connectivity index (χ4v) is 2.36. The van der Waals surface area contributed by atoms with Crippen molar-refractivity contribution in [1.29, 1.82) is 0 Å². The van der Waals surface area contributed by atoms with Crippen LogP contribution in [-0.2, 0) is 17.8 Å². The molecule has 8 heteroatoms. The zero-order chi connectivity index (χ0) is 12.5. The first-order valence-corrected chi connectivity index (χ1v) is 6.08. The normalized spacial score (nSPS) is 18.3. The molecule has 3 heterocycles. The molecule has 2 aliphatic heterocycles. The molecule has 1 aromatic rings. The molecule has 0 unspecified atom stereocenters. The van der Waals surface area contributed by atoms with Crippen molar-refractivity contribution in [2.75, 3.05) is 26.2 Å². The summed E-state index contributed by atoms with van der Waals surface area (Å²) in [6, 6.07) is 0. The minimum absolute atomic E-state index is 0. The van der Waals surface area contributed by atoms with Crippen LogP contribution in [0.3, 0.4) is 0 Å². The van der Waals surface area contributed by atoms with Crippen molar-refractivity contribution in [2.45, 2.75) is 13.0 Å². The lowest BCUT2D eigenvalue weighted by atomic mass is 10.1. The van der Waals surface area contributed by atoms with Crippen molar-refractivity contribution >= 4 is 24.2 Å². The van der Waals surface area contributed by atoms with E-state index in [1.165, 1.54) is 0 Å². The SMILES string of the molecule is Cl.O=C1CN(C(=O)c2n[nH]c3c2CNCC3)CCN1. The van der Waals surface area contributed by atoms with E-state index in [2.05, 4.69) is 20.8 Å². The van der Waals surface area contributed by atoms with Crippen LogP contribution in [0.2, 0.25) is 0 Å². The molecule has 19 heavy (non-hydrogen) atoms. The summed E-state index contributed by atoms with van der Waals surface area (Å²) < 4.78 is 0. The van der Waals surface area contributed by atoms with Gasteiger partial charge in [-0.25, -0.2) is 0 Å². The van der Waals surface area contributed by atoms with Crippen LogP contribution < -0.4 is 10.6 Å². The number of carbonyl (C=O) groups is 2. The fourth-order valence-electron chi connectivity index (χ4n) is 2.36. The number of nitrogens with zero attached hydrogens (tertiary/aromatic N) is 2. The van der Waals surface area contributed by atoms with E-state index < -0.39 is 0 Å². The van der Waals surface area contributed by atoms with Gasteiger partial charge in [-0.05, 0) is 0 Å². The van der Waals surface area contributed by atoms with Crippen LogP contribution in [0.5, 0.6) is 0 Å². The van der Waals surface area contributed by atoms with Crippen LogP contribution >= 0.6 is 12.4 Å². The zero-order valence-corrected chi connectivity index (χ0v) is 11.2. The number of H-pyrrole nitrogens is 1. The van der Waals surface area contributed by atoms with Gasteiger partial charge in [0, 0.05) is 43.9 Å². The number of aromatic nitrogens is 2. The smallest absolute Gasteiger partial charge is 0.275 e. The van der Waals surface area contributed by atoms with E-state index in [1.807, 2.05) is 0 Å². The maximum absolute atomic E-state index is 12.3. The van der Waals surface area contributed by atoms with Crippen molar-refractivity contribution in [3.63, 3.8) is 0 Å². The number of fused-ring (bicyclic) bond motifs is 1. The van der Waals surface area contributed by atoms with Gasteiger partial charge in [0.25, 0.3) is 5.91 Å². The summed E-state index contributed by atoms with van der Waals surface area (Å²) in [5.74, 6) is -0.275.